The van der Waals surface area contributed by atoms with Gasteiger partial charge in [-0.05, 0) is 33.4 Å². The molecule has 0 saturated heterocycles. The number of likely N-dealkylation sites (N-methyl/N-ethyl adjacent to an activating group) is 1. The van der Waals surface area contributed by atoms with Crippen LogP contribution in [0.4, 0.5) is 0 Å². The first kappa shape index (κ1) is 11.9. The van der Waals surface area contributed by atoms with Gasteiger partial charge in [-0.3, -0.25) is 0 Å². The molecule has 0 bridgehead atoms. The van der Waals surface area contributed by atoms with Crippen molar-refractivity contribution in [2.24, 2.45) is 0 Å². The van der Waals surface area contributed by atoms with Gasteiger partial charge in [0.2, 0.25) is 0 Å². The molecule has 0 radical (unpaired) electrons. The van der Waals surface area contributed by atoms with Crippen LogP contribution in [-0.4, -0.2) is 50.0 Å². The van der Waals surface area contributed by atoms with Crippen LogP contribution >= 0.6 is 0 Å². The molecule has 74 valence electrons. The molecule has 0 unspecified atom stereocenters. The molecule has 0 aliphatic heterocycles. The van der Waals surface area contributed by atoms with Gasteiger partial charge in [-0.2, -0.15) is 0 Å². The fourth-order valence-electron chi connectivity index (χ4n) is 0.970. The molecule has 0 amide bonds. The van der Waals surface area contributed by atoms with Gasteiger partial charge in [-0.25, -0.2) is 0 Å². The van der Waals surface area contributed by atoms with E-state index in [9.17, 15) is 0 Å². The van der Waals surface area contributed by atoms with Gasteiger partial charge < -0.3 is 14.7 Å². The Hall–Kier alpha value is -0.120. The first-order chi connectivity index (χ1) is 5.81. The first-order valence-corrected chi connectivity index (χ1v) is 4.68. The van der Waals surface area contributed by atoms with Crippen LogP contribution in [-0.2, 0) is 4.74 Å². The topological polar surface area (TPSA) is 32.7 Å². The quantitative estimate of drug-likeness (QED) is 0.552. The molecule has 3 nitrogen and oxygen atoms in total. The molecule has 3 heteroatoms. The van der Waals surface area contributed by atoms with Crippen molar-refractivity contribution in [3.8, 4) is 0 Å². The minimum absolute atomic E-state index is 0.305. The van der Waals surface area contributed by atoms with E-state index in [0.29, 0.717) is 6.61 Å². The average molecular weight is 175 g/mol. The molecule has 12 heavy (non-hydrogen) atoms. The third-order valence-corrected chi connectivity index (χ3v) is 1.77. The molecule has 0 aliphatic rings. The summed E-state index contributed by atoms with van der Waals surface area (Å²) in [6.45, 7) is 5.95. The van der Waals surface area contributed by atoms with Crippen LogP contribution in [0.1, 0.15) is 19.8 Å². The Balaban J connectivity index is 3.04. The number of nitrogens with zero attached hydrogens (tertiary/aromatic N) is 1. The maximum atomic E-state index is 8.55. The molecule has 0 heterocycles. The van der Waals surface area contributed by atoms with Gasteiger partial charge in [0.05, 0.1) is 6.61 Å². The largest absolute Gasteiger partial charge is 0.396 e. The number of hydrogen-bond acceptors (Lipinski definition) is 3. The van der Waals surface area contributed by atoms with Gasteiger partial charge in [-0.1, -0.05) is 0 Å². The Morgan fingerprint density at radius 2 is 2.00 bits per heavy atom. The second-order valence-corrected chi connectivity index (χ2v) is 2.93. The van der Waals surface area contributed by atoms with Crippen molar-refractivity contribution < 1.29 is 9.84 Å². The minimum Gasteiger partial charge on any atom is -0.396 e. The van der Waals surface area contributed by atoms with Crippen LogP contribution in [0.3, 0.4) is 0 Å². The summed E-state index contributed by atoms with van der Waals surface area (Å²) < 4.78 is 5.22. The fraction of sp³-hybridized carbons (Fsp3) is 1.00. The number of aliphatic hydroxyl groups excluding tert-OH is 1. The Labute approximate surface area is 75.3 Å². The van der Waals surface area contributed by atoms with Crippen molar-refractivity contribution in [1.29, 1.82) is 0 Å². The van der Waals surface area contributed by atoms with Gasteiger partial charge in [0.25, 0.3) is 0 Å². The van der Waals surface area contributed by atoms with Gasteiger partial charge >= 0.3 is 0 Å². The summed E-state index contributed by atoms with van der Waals surface area (Å²) in [5.41, 5.74) is 0. The Morgan fingerprint density at radius 3 is 2.58 bits per heavy atom. The Kier molecular flexibility index (Phi) is 8.88. The van der Waals surface area contributed by atoms with Crippen molar-refractivity contribution >= 4 is 0 Å². The molecule has 0 aromatic heterocycles. The lowest BCUT2D eigenvalue weighted by Crippen LogP contribution is -2.24. The number of hydrogen-bond donors (Lipinski definition) is 1. The van der Waals surface area contributed by atoms with Crippen molar-refractivity contribution in [1.82, 2.24) is 4.90 Å². The van der Waals surface area contributed by atoms with Crippen molar-refractivity contribution in [3.63, 3.8) is 0 Å². The molecule has 0 aliphatic carbocycles. The predicted octanol–water partition coefficient (Wildman–Crippen LogP) is 0.727. The van der Waals surface area contributed by atoms with E-state index in [0.717, 1.165) is 39.1 Å². The van der Waals surface area contributed by atoms with E-state index in [1.54, 1.807) is 0 Å². The zero-order valence-electron chi connectivity index (χ0n) is 8.25. The lowest BCUT2D eigenvalue weighted by molar-refractivity contribution is 0.121. The molecule has 0 fully saturated rings. The smallest absolute Gasteiger partial charge is 0.0593 e. The van der Waals surface area contributed by atoms with Crippen LogP contribution < -0.4 is 0 Å². The highest BCUT2D eigenvalue weighted by molar-refractivity contribution is 4.50. The maximum Gasteiger partial charge on any atom is 0.0593 e. The lowest BCUT2D eigenvalue weighted by Gasteiger charge is -2.15. The third-order valence-electron chi connectivity index (χ3n) is 1.77. The summed E-state index contributed by atoms with van der Waals surface area (Å²) in [6.07, 6.45) is 1.97. The van der Waals surface area contributed by atoms with Crippen LogP contribution in [0.25, 0.3) is 0 Å². The SMILES string of the molecule is CCOCCN(C)CCCCO. The molecule has 1 N–H and O–H groups in total. The highest BCUT2D eigenvalue weighted by Gasteiger charge is 1.96. The maximum absolute atomic E-state index is 8.55. The van der Waals surface area contributed by atoms with Crippen molar-refractivity contribution in [3.05, 3.63) is 0 Å². The normalized spacial score (nSPS) is 11.0. The zero-order valence-corrected chi connectivity index (χ0v) is 8.25. The molecule has 0 rings (SSSR count). The highest BCUT2D eigenvalue weighted by Crippen LogP contribution is 1.91. The van der Waals surface area contributed by atoms with E-state index >= 15 is 0 Å². The van der Waals surface area contributed by atoms with Crippen LogP contribution in [0.5, 0.6) is 0 Å². The summed E-state index contributed by atoms with van der Waals surface area (Å²) in [5.74, 6) is 0. The lowest BCUT2D eigenvalue weighted by atomic mass is 10.3. The molecule has 0 atom stereocenters. The van der Waals surface area contributed by atoms with Gasteiger partial charge in [0.1, 0.15) is 0 Å². The summed E-state index contributed by atoms with van der Waals surface area (Å²) in [4.78, 5) is 2.23. The van der Waals surface area contributed by atoms with Crippen LogP contribution in [0, 0.1) is 0 Å². The van der Waals surface area contributed by atoms with E-state index in [4.69, 9.17) is 9.84 Å². The number of rotatable bonds is 8. The Morgan fingerprint density at radius 1 is 1.25 bits per heavy atom. The van der Waals surface area contributed by atoms with E-state index < -0.39 is 0 Å². The van der Waals surface area contributed by atoms with Crippen LogP contribution in [0.2, 0.25) is 0 Å². The average Bonchev–Trinajstić information content (AvgIpc) is 2.06. The van der Waals surface area contributed by atoms with Crippen LogP contribution in [0.15, 0.2) is 0 Å². The summed E-state index contributed by atoms with van der Waals surface area (Å²) >= 11 is 0. The summed E-state index contributed by atoms with van der Waals surface area (Å²) in [6, 6.07) is 0. The molecular formula is C9H21NO2. The van der Waals surface area contributed by atoms with Gasteiger partial charge in [-0.15, -0.1) is 0 Å². The molecular weight excluding hydrogens is 154 g/mol. The summed E-state index contributed by atoms with van der Waals surface area (Å²) in [7, 11) is 2.08. The molecule has 0 saturated carbocycles. The third kappa shape index (κ3) is 7.98. The van der Waals surface area contributed by atoms with E-state index in [1.807, 2.05) is 6.92 Å². The van der Waals surface area contributed by atoms with Gasteiger partial charge in [0, 0.05) is 19.8 Å². The number of unbranched alkanes of at least 4 members (excludes halogenated alkanes) is 1. The standard InChI is InChI=1S/C9H21NO2/c1-3-12-9-7-10(2)6-4-5-8-11/h11H,3-9H2,1-2H3. The molecule has 0 spiro atoms. The monoisotopic (exact) mass is 175 g/mol. The highest BCUT2D eigenvalue weighted by atomic mass is 16.5. The summed E-state index contributed by atoms with van der Waals surface area (Å²) in [5, 5.41) is 8.55. The van der Waals surface area contributed by atoms with Crippen molar-refractivity contribution in [2.75, 3.05) is 40.0 Å². The first-order valence-electron chi connectivity index (χ1n) is 4.68. The predicted molar refractivity (Wildman–Crippen MR) is 50.3 cm³/mol. The van der Waals surface area contributed by atoms with Gasteiger partial charge in [0.15, 0.2) is 0 Å². The molecule has 0 aromatic rings. The fourth-order valence-corrected chi connectivity index (χ4v) is 0.970. The second-order valence-electron chi connectivity index (χ2n) is 2.93. The van der Waals surface area contributed by atoms with E-state index in [1.165, 1.54) is 0 Å². The van der Waals surface area contributed by atoms with Crippen molar-refractivity contribution in [2.45, 2.75) is 19.8 Å². The number of aliphatic hydroxyl groups is 1. The minimum atomic E-state index is 0.305. The molecule has 0 aromatic carbocycles. The second kappa shape index (κ2) is 8.97. The number of ether oxygens (including phenoxy) is 1. The zero-order chi connectivity index (χ0) is 9.23. The van der Waals surface area contributed by atoms with E-state index in [2.05, 4.69) is 11.9 Å². The Bertz CT molecular complexity index is 78.6. The van der Waals surface area contributed by atoms with E-state index in [-0.39, 0.29) is 0 Å².